The van der Waals surface area contributed by atoms with Gasteiger partial charge >= 0.3 is 6.09 Å². The Bertz CT molecular complexity index is 3390. The van der Waals surface area contributed by atoms with Gasteiger partial charge in [-0.3, -0.25) is 23.2 Å². The highest BCUT2D eigenvalue weighted by atomic mass is 32.2. The highest BCUT2D eigenvalue weighted by Gasteiger charge is 2.45. The number of nitrogens with zero attached hydrogens (tertiary/aromatic N) is 2. The Morgan fingerprint density at radius 2 is 1.35 bits per heavy atom. The molecular weight excluding hydrogens is 1050 g/mol. The quantitative estimate of drug-likeness (QED) is 0.0168. The summed E-state index contributed by atoms with van der Waals surface area (Å²) in [6.07, 6.45) is 15.5. The molecule has 1 atom stereocenters. The Labute approximate surface area is 450 Å². The normalized spacial score (nSPS) is 16.8. The third-order valence-electron chi connectivity index (χ3n) is 14.4. The number of carbonyl (C=O) groups excluding carboxylic acids is 3. The third-order valence-corrected chi connectivity index (χ3v) is 16.8. The smallest absolute Gasteiger partial charge is 0.407 e. The lowest BCUT2D eigenvalue weighted by Crippen LogP contribution is -2.45. The number of benzene rings is 4. The van der Waals surface area contributed by atoms with Crippen molar-refractivity contribution in [1.29, 1.82) is 0 Å². The molecule has 3 amide bonds. The van der Waals surface area contributed by atoms with E-state index in [9.17, 15) is 53.3 Å². The molecule has 2 aliphatic heterocycles. The average molecular weight is 1110 g/mol. The third kappa shape index (κ3) is 13.9. The Hall–Kier alpha value is -6.75. The molecule has 21 heteroatoms. The number of nitrogens with one attached hydrogen (secondary N) is 2. The first-order valence-electron chi connectivity index (χ1n) is 25.3. The molecule has 0 saturated heterocycles. The SMILES string of the molecule is CC1(C)C(=CC=CC=CC=CC2=[N+](CCCCCC(=O)NCCCC[C@H](NC(=O)OCC3c4ccccc4-c4ccccc43)C(N)=O)c3ccc(S(=O)(=O)O)cc3C2(C)C)N(CCS(=O)(=O)O)c2ccc(S(=O)(=O)O)cc21. The maximum absolute atomic E-state index is 12.8. The van der Waals surface area contributed by atoms with Crippen LogP contribution in [0.1, 0.15) is 101 Å². The molecule has 0 spiro atoms. The Balaban J connectivity index is 0.905. The molecule has 0 fully saturated rings. The fourth-order valence-electron chi connectivity index (χ4n) is 10.4. The van der Waals surface area contributed by atoms with Gasteiger partial charge in [0.1, 0.15) is 19.2 Å². The van der Waals surface area contributed by atoms with E-state index in [1.54, 1.807) is 41.3 Å². The van der Waals surface area contributed by atoms with Crippen molar-refractivity contribution in [2.75, 3.05) is 36.9 Å². The number of nitrogens with two attached hydrogens (primary N) is 1. The second kappa shape index (κ2) is 23.9. The highest BCUT2D eigenvalue weighted by Crippen LogP contribution is 2.49. The van der Waals surface area contributed by atoms with Crippen molar-refractivity contribution in [3.05, 3.63) is 155 Å². The van der Waals surface area contributed by atoms with E-state index in [-0.39, 0.29) is 41.2 Å². The molecule has 4 aromatic rings. The zero-order valence-electron chi connectivity index (χ0n) is 43.4. The standard InChI is InChI=1S/C56H65N5O13S3/c1-55(2)45-35-38(76(68,69)70)27-29-48(45)60(50(55)24-9-6-5-7-10-25-51-56(3,4)46-36-39(77(71,72)73)28-30-49(46)61(51)33-34-75(65,66)67)32-18-8-11-26-52(62)58-31-17-16-23-47(53(57)63)59-54(64)74-37-44-42-21-14-12-19-40(42)41-20-13-15-22-43(41)44/h5-7,9-10,12-15,19-22,24-25,27-30,35-36,44,47H,8,11,16-18,23,26,31-34,37H2,1-4H3,(H6-,57,58,59,62,63,64,65,66,67,68,69,70,71,72,73)/p+1/t47-/m0/s1. The zero-order chi connectivity index (χ0) is 55.9. The maximum atomic E-state index is 12.8. The van der Waals surface area contributed by atoms with Gasteiger partial charge in [0, 0.05) is 66.4 Å². The summed E-state index contributed by atoms with van der Waals surface area (Å²) in [6.45, 7) is 8.49. The lowest BCUT2D eigenvalue weighted by atomic mass is 9.81. The Morgan fingerprint density at radius 3 is 1.99 bits per heavy atom. The van der Waals surface area contributed by atoms with Gasteiger partial charge in [-0.15, -0.1) is 0 Å². The van der Waals surface area contributed by atoms with Crippen LogP contribution in [0.3, 0.4) is 0 Å². The highest BCUT2D eigenvalue weighted by molar-refractivity contribution is 7.86. The van der Waals surface area contributed by atoms with Crippen LogP contribution in [0.2, 0.25) is 0 Å². The van der Waals surface area contributed by atoms with Gasteiger partial charge in [-0.25, -0.2) is 4.79 Å². The van der Waals surface area contributed by atoms with E-state index in [4.69, 9.17) is 10.5 Å². The number of allylic oxidation sites excluding steroid dienone is 8. The molecule has 0 aromatic heterocycles. The van der Waals surface area contributed by atoms with Gasteiger partial charge in [0.25, 0.3) is 30.4 Å². The van der Waals surface area contributed by atoms with Gasteiger partial charge in [-0.2, -0.15) is 29.8 Å². The fraction of sp³-hybridized carbons (Fsp3) is 0.357. The number of anilines is 1. The lowest BCUT2D eigenvalue weighted by molar-refractivity contribution is -0.438. The fourth-order valence-corrected chi connectivity index (χ4v) is 11.8. The molecule has 77 heavy (non-hydrogen) atoms. The van der Waals surface area contributed by atoms with Gasteiger partial charge < -0.3 is 26.0 Å². The first-order chi connectivity index (χ1) is 36.3. The van der Waals surface area contributed by atoms with Crippen LogP contribution in [0.5, 0.6) is 0 Å². The van der Waals surface area contributed by atoms with Crippen molar-refractivity contribution in [3.8, 4) is 11.1 Å². The second-order valence-electron chi connectivity index (χ2n) is 20.3. The van der Waals surface area contributed by atoms with Crippen LogP contribution in [0.25, 0.3) is 11.1 Å². The van der Waals surface area contributed by atoms with Crippen LogP contribution in [0.15, 0.2) is 143 Å². The molecule has 0 bridgehead atoms. The van der Waals surface area contributed by atoms with Crippen LogP contribution < -0.4 is 21.3 Å². The first-order valence-corrected chi connectivity index (χ1v) is 29.8. The minimum atomic E-state index is -4.52. The number of rotatable bonds is 24. The summed E-state index contributed by atoms with van der Waals surface area (Å²) < 4.78 is 109. The zero-order valence-corrected chi connectivity index (χ0v) is 45.8. The van der Waals surface area contributed by atoms with E-state index < -0.39 is 65.0 Å². The number of ether oxygens (including phenoxy) is 1. The van der Waals surface area contributed by atoms with E-state index >= 15 is 0 Å². The number of hydrogen-bond donors (Lipinski definition) is 6. The van der Waals surface area contributed by atoms with Crippen molar-refractivity contribution >= 4 is 65.3 Å². The molecule has 7 rings (SSSR count). The van der Waals surface area contributed by atoms with E-state index in [1.165, 1.54) is 30.3 Å². The number of amides is 3. The second-order valence-corrected chi connectivity index (χ2v) is 24.7. The van der Waals surface area contributed by atoms with Crippen molar-refractivity contribution in [1.82, 2.24) is 10.6 Å². The van der Waals surface area contributed by atoms with Crippen LogP contribution in [-0.2, 0) is 55.5 Å². The lowest BCUT2D eigenvalue weighted by Gasteiger charge is -2.26. The maximum Gasteiger partial charge on any atom is 0.407 e. The van der Waals surface area contributed by atoms with Crippen LogP contribution in [0.4, 0.5) is 16.2 Å². The van der Waals surface area contributed by atoms with Crippen molar-refractivity contribution < 1.29 is 62.6 Å². The summed E-state index contributed by atoms with van der Waals surface area (Å²) in [6, 6.07) is 23.6. The Morgan fingerprint density at radius 1 is 0.740 bits per heavy atom. The molecule has 1 aliphatic carbocycles. The van der Waals surface area contributed by atoms with Gasteiger partial charge in [0.2, 0.25) is 17.5 Å². The van der Waals surface area contributed by atoms with E-state index in [2.05, 4.69) is 15.2 Å². The molecular formula is C56H66N5O13S3+. The van der Waals surface area contributed by atoms with E-state index in [0.29, 0.717) is 74.1 Å². The van der Waals surface area contributed by atoms with E-state index in [1.807, 2.05) is 88.4 Å². The Kier molecular flexibility index (Phi) is 18.0. The minimum Gasteiger partial charge on any atom is -0.449 e. The molecule has 4 aromatic carbocycles. The number of hydrogen-bond acceptors (Lipinski definition) is 11. The molecule has 3 aliphatic rings. The van der Waals surface area contributed by atoms with E-state index in [0.717, 1.165) is 33.7 Å². The summed E-state index contributed by atoms with van der Waals surface area (Å²) in [5.41, 5.74) is 12.5. The predicted molar refractivity (Wildman–Crippen MR) is 294 cm³/mol. The summed E-state index contributed by atoms with van der Waals surface area (Å²) in [4.78, 5) is 39.0. The van der Waals surface area contributed by atoms with Crippen LogP contribution in [-0.4, -0.2) is 105 Å². The van der Waals surface area contributed by atoms with Gasteiger partial charge in [0.05, 0.1) is 21.0 Å². The summed E-state index contributed by atoms with van der Waals surface area (Å²) in [7, 11) is -13.3. The van der Waals surface area contributed by atoms with Gasteiger partial charge in [-0.1, -0.05) is 92.8 Å². The average Bonchev–Trinajstić information content (AvgIpc) is 3.92. The molecule has 0 unspecified atom stereocenters. The van der Waals surface area contributed by atoms with Crippen LogP contribution in [0, 0.1) is 0 Å². The summed E-state index contributed by atoms with van der Waals surface area (Å²) in [5.74, 6) is -1.52. The number of fused-ring (bicyclic) bond motifs is 5. The van der Waals surface area contributed by atoms with Crippen molar-refractivity contribution in [3.63, 3.8) is 0 Å². The molecule has 2 heterocycles. The minimum absolute atomic E-state index is 0.0989. The van der Waals surface area contributed by atoms with Crippen molar-refractivity contribution in [2.24, 2.45) is 5.73 Å². The van der Waals surface area contributed by atoms with Crippen LogP contribution >= 0.6 is 0 Å². The molecule has 0 radical (unpaired) electrons. The van der Waals surface area contributed by atoms with Crippen molar-refractivity contribution in [2.45, 2.75) is 105 Å². The molecule has 7 N–H and O–H groups in total. The predicted octanol–water partition coefficient (Wildman–Crippen LogP) is 8.03. The number of alkyl carbamates (subject to hydrolysis) is 1. The topological polar surface area (TPSA) is 280 Å². The molecule has 18 nitrogen and oxygen atoms in total. The number of unbranched alkanes of at least 4 members (excludes halogenated alkanes) is 3. The van der Waals surface area contributed by atoms with Gasteiger partial charge in [-0.05, 0) is 110 Å². The monoisotopic (exact) mass is 1110 g/mol. The number of carbonyl (C=O) groups is 3. The first kappa shape index (κ1) is 57.9. The summed E-state index contributed by atoms with van der Waals surface area (Å²) in [5, 5.41) is 5.53. The molecule has 410 valence electrons. The molecule has 0 saturated carbocycles. The largest absolute Gasteiger partial charge is 0.449 e. The summed E-state index contributed by atoms with van der Waals surface area (Å²) >= 11 is 0. The number of primary amides is 1. The van der Waals surface area contributed by atoms with Gasteiger partial charge in [0.15, 0.2) is 5.71 Å².